The summed E-state index contributed by atoms with van der Waals surface area (Å²) in [5.41, 5.74) is 0. The Labute approximate surface area is 121 Å². The minimum Gasteiger partial charge on any atom is -0.368 e. The van der Waals surface area contributed by atoms with E-state index in [1.54, 1.807) is 0 Å². The summed E-state index contributed by atoms with van der Waals surface area (Å²) in [4.78, 5) is 3.93. The maximum atomic E-state index is 13.6. The van der Waals surface area contributed by atoms with Gasteiger partial charge in [0.2, 0.25) is 0 Å². The van der Waals surface area contributed by atoms with Crippen molar-refractivity contribution in [3.63, 3.8) is 0 Å². The summed E-state index contributed by atoms with van der Waals surface area (Å²) in [5, 5.41) is 10.6. The Morgan fingerprint density at radius 2 is 2.00 bits per heavy atom. The van der Waals surface area contributed by atoms with Gasteiger partial charge in [-0.1, -0.05) is 23.1 Å². The van der Waals surface area contributed by atoms with E-state index in [2.05, 4.69) is 20.5 Å². The maximum absolute atomic E-state index is 13.6. The van der Waals surface area contributed by atoms with Crippen molar-refractivity contribution < 1.29 is 8.78 Å². The summed E-state index contributed by atoms with van der Waals surface area (Å²) in [6, 6.07) is 0.823. The van der Waals surface area contributed by atoms with E-state index in [4.69, 9.17) is 0 Å². The van der Waals surface area contributed by atoms with E-state index in [0.717, 1.165) is 22.2 Å². The van der Waals surface area contributed by atoms with E-state index < -0.39 is 11.6 Å². The molecule has 4 nitrogen and oxygen atoms in total. The number of thioether (sulfide) groups is 1. The molecule has 0 spiro atoms. The first kappa shape index (κ1) is 14.5. The SMILES string of the molecule is CCNc1nc(Sc2nnc(SC)s2)c(F)cc1F. The normalized spacial score (nSPS) is 10.7. The largest absolute Gasteiger partial charge is 0.368 e. The summed E-state index contributed by atoms with van der Waals surface area (Å²) in [6.07, 6.45) is 1.88. The summed E-state index contributed by atoms with van der Waals surface area (Å²) >= 11 is 3.84. The first-order valence-electron chi connectivity index (χ1n) is 5.29. The van der Waals surface area contributed by atoms with Crippen LogP contribution in [0.2, 0.25) is 0 Å². The molecule has 0 saturated heterocycles. The van der Waals surface area contributed by atoms with Gasteiger partial charge in [-0.15, -0.1) is 10.2 Å². The smallest absolute Gasteiger partial charge is 0.181 e. The highest BCUT2D eigenvalue weighted by atomic mass is 32.2. The van der Waals surface area contributed by atoms with E-state index in [1.165, 1.54) is 23.1 Å². The zero-order chi connectivity index (χ0) is 13.8. The van der Waals surface area contributed by atoms with E-state index in [0.29, 0.717) is 10.9 Å². The van der Waals surface area contributed by atoms with Crippen molar-refractivity contribution in [3.8, 4) is 0 Å². The summed E-state index contributed by atoms with van der Waals surface area (Å²) in [5.74, 6) is -1.36. The molecule has 0 amide bonds. The Balaban J connectivity index is 2.26. The van der Waals surface area contributed by atoms with Gasteiger partial charge >= 0.3 is 0 Å². The third kappa shape index (κ3) is 3.54. The number of pyridine rings is 1. The zero-order valence-electron chi connectivity index (χ0n) is 10.1. The molecular weight excluding hydrogens is 310 g/mol. The molecule has 2 rings (SSSR count). The molecule has 2 aromatic heterocycles. The number of halogens is 2. The first-order chi connectivity index (χ1) is 9.13. The minimum atomic E-state index is -0.704. The van der Waals surface area contributed by atoms with Crippen molar-refractivity contribution in [1.29, 1.82) is 0 Å². The summed E-state index contributed by atoms with van der Waals surface area (Å²) in [6.45, 7) is 2.32. The van der Waals surface area contributed by atoms with Crippen LogP contribution in [0.1, 0.15) is 6.92 Å². The van der Waals surface area contributed by atoms with Gasteiger partial charge in [0.05, 0.1) is 0 Å². The molecule has 2 heterocycles. The molecule has 0 aliphatic heterocycles. The van der Waals surface area contributed by atoms with Gasteiger partial charge in [-0.05, 0) is 24.9 Å². The van der Waals surface area contributed by atoms with Crippen LogP contribution in [0, 0.1) is 11.6 Å². The second kappa shape index (κ2) is 6.49. The molecule has 0 saturated carbocycles. The second-order valence-corrected chi connectivity index (χ2v) is 6.54. The van der Waals surface area contributed by atoms with Gasteiger partial charge in [0, 0.05) is 12.6 Å². The second-order valence-electron chi connectivity index (χ2n) is 3.28. The first-order valence-corrected chi connectivity index (χ1v) is 8.15. The average molecular weight is 320 g/mol. The Morgan fingerprint density at radius 3 is 2.63 bits per heavy atom. The molecule has 0 atom stereocenters. The molecule has 0 aliphatic carbocycles. The van der Waals surface area contributed by atoms with Gasteiger partial charge in [-0.25, -0.2) is 13.8 Å². The Morgan fingerprint density at radius 1 is 1.26 bits per heavy atom. The number of hydrogen-bond acceptors (Lipinski definition) is 7. The molecule has 0 aliphatic rings. The molecule has 1 N–H and O–H groups in total. The van der Waals surface area contributed by atoms with Crippen molar-refractivity contribution in [2.75, 3.05) is 18.1 Å². The van der Waals surface area contributed by atoms with Crippen molar-refractivity contribution in [2.24, 2.45) is 0 Å². The van der Waals surface area contributed by atoms with E-state index in [1.807, 2.05) is 13.2 Å². The molecular formula is C10H10F2N4S3. The highest BCUT2D eigenvalue weighted by Gasteiger charge is 2.15. The Kier molecular flexibility index (Phi) is 4.94. The van der Waals surface area contributed by atoms with Crippen LogP contribution in [0.5, 0.6) is 0 Å². The molecule has 0 bridgehead atoms. The average Bonchev–Trinajstić information content (AvgIpc) is 2.83. The number of nitrogens with zero attached hydrogens (tertiary/aromatic N) is 3. The van der Waals surface area contributed by atoms with Crippen molar-refractivity contribution in [1.82, 2.24) is 15.2 Å². The molecule has 0 radical (unpaired) electrons. The maximum Gasteiger partial charge on any atom is 0.181 e. The van der Waals surface area contributed by atoms with Crippen LogP contribution in [-0.2, 0) is 0 Å². The number of rotatable bonds is 5. The van der Waals surface area contributed by atoms with Crippen LogP contribution >= 0.6 is 34.9 Å². The van der Waals surface area contributed by atoms with Crippen LogP contribution in [0.3, 0.4) is 0 Å². The summed E-state index contributed by atoms with van der Waals surface area (Å²) in [7, 11) is 0. The van der Waals surface area contributed by atoms with Crippen LogP contribution < -0.4 is 5.32 Å². The number of anilines is 1. The number of nitrogens with one attached hydrogen (secondary N) is 1. The van der Waals surface area contributed by atoms with Gasteiger partial charge in [-0.2, -0.15) is 0 Å². The van der Waals surface area contributed by atoms with Crippen molar-refractivity contribution in [2.45, 2.75) is 20.6 Å². The fourth-order valence-corrected chi connectivity index (χ4v) is 3.56. The van der Waals surface area contributed by atoms with Gasteiger partial charge in [0.25, 0.3) is 0 Å². The van der Waals surface area contributed by atoms with Gasteiger partial charge < -0.3 is 5.32 Å². The van der Waals surface area contributed by atoms with E-state index >= 15 is 0 Å². The van der Waals surface area contributed by atoms with Crippen LogP contribution in [-0.4, -0.2) is 28.0 Å². The zero-order valence-corrected chi connectivity index (χ0v) is 12.6. The number of aromatic nitrogens is 3. The topological polar surface area (TPSA) is 50.7 Å². The lowest BCUT2D eigenvalue weighted by molar-refractivity contribution is 0.551. The van der Waals surface area contributed by atoms with Gasteiger partial charge in [0.1, 0.15) is 5.03 Å². The van der Waals surface area contributed by atoms with E-state index in [9.17, 15) is 8.78 Å². The lowest BCUT2D eigenvalue weighted by Gasteiger charge is -2.06. The predicted molar refractivity (Wildman–Crippen MR) is 74.1 cm³/mol. The Hall–Kier alpha value is -0.930. The quantitative estimate of drug-likeness (QED) is 0.851. The predicted octanol–water partition coefficient (Wildman–Crippen LogP) is 3.52. The fraction of sp³-hybridized carbons (Fsp3) is 0.300. The standard InChI is InChI=1S/C10H10F2N4S3/c1-3-13-7-5(11)4-6(12)8(14-7)18-10-16-15-9(17-2)19-10/h4H,3H2,1-2H3,(H,13,14). The molecule has 0 fully saturated rings. The third-order valence-corrected chi connectivity index (χ3v) is 4.92. The Bertz CT molecular complexity index is 576. The molecule has 19 heavy (non-hydrogen) atoms. The van der Waals surface area contributed by atoms with Crippen molar-refractivity contribution in [3.05, 3.63) is 17.7 Å². The monoisotopic (exact) mass is 320 g/mol. The number of hydrogen-bond donors (Lipinski definition) is 1. The minimum absolute atomic E-state index is 0.0426. The molecule has 0 aromatic carbocycles. The van der Waals surface area contributed by atoms with E-state index in [-0.39, 0.29) is 10.8 Å². The lowest BCUT2D eigenvalue weighted by Crippen LogP contribution is -2.04. The molecule has 2 aromatic rings. The highest BCUT2D eigenvalue weighted by molar-refractivity contribution is 8.02. The van der Waals surface area contributed by atoms with Crippen LogP contribution in [0.25, 0.3) is 0 Å². The highest BCUT2D eigenvalue weighted by Crippen LogP contribution is 2.34. The molecule has 9 heteroatoms. The van der Waals surface area contributed by atoms with Crippen molar-refractivity contribution >= 4 is 40.7 Å². The fourth-order valence-electron chi connectivity index (χ4n) is 1.22. The third-order valence-electron chi connectivity index (χ3n) is 1.99. The van der Waals surface area contributed by atoms with Crippen LogP contribution in [0.4, 0.5) is 14.6 Å². The molecule has 0 unspecified atom stereocenters. The lowest BCUT2D eigenvalue weighted by atomic mass is 10.4. The van der Waals surface area contributed by atoms with Gasteiger partial charge in [-0.3, -0.25) is 0 Å². The summed E-state index contributed by atoms with van der Waals surface area (Å²) < 4.78 is 28.4. The van der Waals surface area contributed by atoms with Crippen LogP contribution in [0.15, 0.2) is 19.8 Å². The molecule has 102 valence electrons. The van der Waals surface area contributed by atoms with Gasteiger partial charge in [0.15, 0.2) is 26.1 Å².